The average Bonchev–Trinajstić information content (AvgIpc) is 2.78. The molecule has 1 aromatic rings. The van der Waals surface area contributed by atoms with Crippen LogP contribution in [0.1, 0.15) is 6.92 Å². The summed E-state index contributed by atoms with van der Waals surface area (Å²) in [5, 5.41) is 9.51. The largest absolute Gasteiger partial charge is 0.389 e. The van der Waals surface area contributed by atoms with E-state index in [9.17, 15) is 13.5 Å². The SMILES string of the molecule is CCn1cnc(S(=O)(=O)N(C)CC(O)COC)c1. The minimum Gasteiger partial charge on any atom is -0.389 e. The molecule has 0 saturated carbocycles. The highest BCUT2D eigenvalue weighted by molar-refractivity contribution is 7.89. The lowest BCUT2D eigenvalue weighted by Gasteiger charge is -2.18. The summed E-state index contributed by atoms with van der Waals surface area (Å²) in [5.74, 6) is 0. The molecule has 0 amide bonds. The van der Waals surface area contributed by atoms with E-state index in [0.717, 1.165) is 4.31 Å². The van der Waals surface area contributed by atoms with Crippen LogP contribution in [0.15, 0.2) is 17.6 Å². The standard InChI is InChI=1S/C10H19N3O4S/c1-4-13-6-10(11-8-13)18(15,16)12(2)5-9(14)7-17-3/h6,8-9,14H,4-5,7H2,1-3H3. The first-order valence-electron chi connectivity index (χ1n) is 5.57. The first-order valence-corrected chi connectivity index (χ1v) is 7.01. The summed E-state index contributed by atoms with van der Waals surface area (Å²) >= 11 is 0. The van der Waals surface area contributed by atoms with E-state index in [2.05, 4.69) is 4.98 Å². The maximum atomic E-state index is 12.1. The Kier molecular flexibility index (Phi) is 5.27. The molecule has 1 unspecified atom stereocenters. The average molecular weight is 277 g/mol. The molecule has 1 rings (SSSR count). The van der Waals surface area contributed by atoms with Gasteiger partial charge in [-0.25, -0.2) is 13.4 Å². The third-order valence-electron chi connectivity index (χ3n) is 2.48. The van der Waals surface area contributed by atoms with Gasteiger partial charge in [-0.05, 0) is 6.92 Å². The number of hydrogen-bond acceptors (Lipinski definition) is 5. The minimum absolute atomic E-state index is 0.0172. The van der Waals surface area contributed by atoms with Crippen LogP contribution in [0, 0.1) is 0 Å². The number of hydrogen-bond donors (Lipinski definition) is 1. The van der Waals surface area contributed by atoms with Gasteiger partial charge in [-0.15, -0.1) is 0 Å². The molecule has 0 aliphatic heterocycles. The van der Waals surface area contributed by atoms with Gasteiger partial charge in [0.2, 0.25) is 0 Å². The molecule has 1 aromatic heterocycles. The number of imidazole rings is 1. The van der Waals surface area contributed by atoms with Crippen molar-refractivity contribution in [3.8, 4) is 0 Å². The Bertz CT molecular complexity index is 471. The molecule has 0 aromatic carbocycles. The minimum atomic E-state index is -3.66. The number of methoxy groups -OCH3 is 1. The van der Waals surface area contributed by atoms with Crippen LogP contribution < -0.4 is 0 Å². The number of sulfonamides is 1. The van der Waals surface area contributed by atoms with Crippen molar-refractivity contribution in [3.63, 3.8) is 0 Å². The molecule has 104 valence electrons. The van der Waals surface area contributed by atoms with Crippen LogP contribution in [-0.2, 0) is 21.3 Å². The monoisotopic (exact) mass is 277 g/mol. The van der Waals surface area contributed by atoms with Gasteiger partial charge in [-0.2, -0.15) is 4.31 Å². The molecule has 0 saturated heterocycles. The van der Waals surface area contributed by atoms with Gasteiger partial charge < -0.3 is 14.4 Å². The van der Waals surface area contributed by atoms with E-state index in [1.165, 1.54) is 26.7 Å². The zero-order valence-corrected chi connectivity index (χ0v) is 11.6. The van der Waals surface area contributed by atoms with Gasteiger partial charge in [-0.3, -0.25) is 0 Å². The van der Waals surface area contributed by atoms with Crippen molar-refractivity contribution in [1.82, 2.24) is 13.9 Å². The van der Waals surface area contributed by atoms with Crippen molar-refractivity contribution in [2.24, 2.45) is 0 Å². The molecule has 1 heterocycles. The molecule has 0 spiro atoms. The summed E-state index contributed by atoms with van der Waals surface area (Å²) in [5.41, 5.74) is 0. The van der Waals surface area contributed by atoms with Gasteiger partial charge in [0, 0.05) is 33.4 Å². The second-order valence-electron chi connectivity index (χ2n) is 3.94. The fourth-order valence-corrected chi connectivity index (χ4v) is 2.58. The van der Waals surface area contributed by atoms with Crippen molar-refractivity contribution in [3.05, 3.63) is 12.5 Å². The highest BCUT2D eigenvalue weighted by atomic mass is 32.2. The Hall–Kier alpha value is -0.960. The van der Waals surface area contributed by atoms with Crippen LogP contribution in [0.5, 0.6) is 0 Å². The predicted molar refractivity (Wildman–Crippen MR) is 65.6 cm³/mol. The second kappa shape index (κ2) is 6.28. The predicted octanol–water partition coefficient (Wildman–Crippen LogP) is -0.469. The fourth-order valence-electron chi connectivity index (χ4n) is 1.45. The van der Waals surface area contributed by atoms with Crippen LogP contribution in [0.25, 0.3) is 0 Å². The van der Waals surface area contributed by atoms with Crippen LogP contribution in [0.3, 0.4) is 0 Å². The molecule has 0 aliphatic rings. The summed E-state index contributed by atoms with van der Waals surface area (Å²) in [7, 11) is -0.809. The number of nitrogens with zero attached hydrogens (tertiary/aromatic N) is 3. The van der Waals surface area contributed by atoms with Crippen LogP contribution in [0.4, 0.5) is 0 Å². The topological polar surface area (TPSA) is 84.7 Å². The molecule has 8 heteroatoms. The van der Waals surface area contributed by atoms with E-state index in [4.69, 9.17) is 4.74 Å². The summed E-state index contributed by atoms with van der Waals surface area (Å²) in [4.78, 5) is 3.85. The summed E-state index contributed by atoms with van der Waals surface area (Å²) in [6.45, 7) is 2.60. The Morgan fingerprint density at radius 1 is 1.61 bits per heavy atom. The smallest absolute Gasteiger partial charge is 0.261 e. The summed E-state index contributed by atoms with van der Waals surface area (Å²) in [6, 6.07) is 0. The number of aromatic nitrogens is 2. The lowest BCUT2D eigenvalue weighted by Crippen LogP contribution is -2.36. The number of likely N-dealkylation sites (N-methyl/N-ethyl adjacent to an activating group) is 1. The Morgan fingerprint density at radius 2 is 2.28 bits per heavy atom. The molecule has 1 N–H and O–H groups in total. The number of aryl methyl sites for hydroxylation is 1. The van der Waals surface area contributed by atoms with E-state index in [-0.39, 0.29) is 18.2 Å². The quantitative estimate of drug-likeness (QED) is 0.728. The van der Waals surface area contributed by atoms with Crippen molar-refractivity contribution in [2.45, 2.75) is 24.6 Å². The first-order chi connectivity index (χ1) is 8.41. The van der Waals surface area contributed by atoms with Gasteiger partial charge in [0.25, 0.3) is 10.0 Å². The van der Waals surface area contributed by atoms with Crippen molar-refractivity contribution in [2.75, 3.05) is 27.3 Å². The van der Waals surface area contributed by atoms with Gasteiger partial charge >= 0.3 is 0 Å². The molecule has 1 atom stereocenters. The summed E-state index contributed by atoms with van der Waals surface area (Å²) < 4.78 is 31.7. The Balaban J connectivity index is 2.79. The highest BCUT2D eigenvalue weighted by Crippen LogP contribution is 2.12. The van der Waals surface area contributed by atoms with E-state index in [1.807, 2.05) is 6.92 Å². The normalized spacial score (nSPS) is 14.1. The van der Waals surface area contributed by atoms with Gasteiger partial charge in [0.05, 0.1) is 19.0 Å². The molecule has 0 bridgehead atoms. The van der Waals surface area contributed by atoms with Crippen molar-refractivity contribution in [1.29, 1.82) is 0 Å². The molecule has 0 aliphatic carbocycles. The lowest BCUT2D eigenvalue weighted by atomic mass is 10.4. The number of aliphatic hydroxyl groups is 1. The lowest BCUT2D eigenvalue weighted by molar-refractivity contribution is 0.0554. The molecular weight excluding hydrogens is 258 g/mol. The van der Waals surface area contributed by atoms with Crippen LogP contribution in [0.2, 0.25) is 0 Å². The maximum Gasteiger partial charge on any atom is 0.261 e. The number of rotatable bonds is 7. The van der Waals surface area contributed by atoms with Crippen molar-refractivity contribution >= 4 is 10.0 Å². The Labute approximate surface area is 107 Å². The summed E-state index contributed by atoms with van der Waals surface area (Å²) in [6.07, 6.45) is 2.07. The second-order valence-corrected chi connectivity index (χ2v) is 5.93. The maximum absolute atomic E-state index is 12.1. The van der Waals surface area contributed by atoms with E-state index in [1.54, 1.807) is 4.57 Å². The Morgan fingerprint density at radius 3 is 2.78 bits per heavy atom. The molecule has 0 radical (unpaired) electrons. The first kappa shape index (κ1) is 15.1. The molecular formula is C10H19N3O4S. The third-order valence-corrected chi connectivity index (χ3v) is 4.19. The van der Waals surface area contributed by atoms with Gasteiger partial charge in [0.1, 0.15) is 0 Å². The van der Waals surface area contributed by atoms with Crippen molar-refractivity contribution < 1.29 is 18.3 Å². The van der Waals surface area contributed by atoms with Crippen LogP contribution >= 0.6 is 0 Å². The number of aliphatic hydroxyl groups excluding tert-OH is 1. The third kappa shape index (κ3) is 3.52. The van der Waals surface area contributed by atoms with Crippen LogP contribution in [-0.4, -0.2) is 60.8 Å². The molecule has 0 fully saturated rings. The highest BCUT2D eigenvalue weighted by Gasteiger charge is 2.25. The van der Waals surface area contributed by atoms with Gasteiger partial charge in [0.15, 0.2) is 5.03 Å². The van der Waals surface area contributed by atoms with E-state index < -0.39 is 16.1 Å². The number of ether oxygens (including phenoxy) is 1. The molecule has 18 heavy (non-hydrogen) atoms. The zero-order chi connectivity index (χ0) is 13.8. The molecule has 7 nitrogen and oxygen atoms in total. The fraction of sp³-hybridized carbons (Fsp3) is 0.700. The zero-order valence-electron chi connectivity index (χ0n) is 10.8. The van der Waals surface area contributed by atoms with E-state index >= 15 is 0 Å². The van der Waals surface area contributed by atoms with E-state index in [0.29, 0.717) is 6.54 Å². The van der Waals surface area contributed by atoms with Gasteiger partial charge in [-0.1, -0.05) is 0 Å².